The number of carbonyl (C=O) groups excluding carboxylic acids is 1. The summed E-state index contributed by atoms with van der Waals surface area (Å²) < 4.78 is 7.71. The quantitative estimate of drug-likeness (QED) is 0.461. The fraction of sp³-hybridized carbons (Fsp3) is 0.333. The summed E-state index contributed by atoms with van der Waals surface area (Å²) in [7, 11) is 3.98. The number of piperidine rings is 1. The van der Waals surface area contributed by atoms with E-state index in [0.29, 0.717) is 24.0 Å². The van der Waals surface area contributed by atoms with E-state index in [2.05, 4.69) is 27.2 Å². The Hall–Kier alpha value is -3.78. The number of amides is 1. The lowest BCUT2D eigenvalue weighted by molar-refractivity contribution is -0.121. The van der Waals surface area contributed by atoms with Crippen molar-refractivity contribution in [3.05, 3.63) is 55.0 Å². The highest BCUT2D eigenvalue weighted by Crippen LogP contribution is 2.58. The molecule has 1 aliphatic heterocycles. The predicted molar refractivity (Wildman–Crippen MR) is 135 cm³/mol. The Morgan fingerprint density at radius 3 is 2.74 bits per heavy atom. The molecule has 2 fully saturated rings. The van der Waals surface area contributed by atoms with Gasteiger partial charge in [-0.15, -0.1) is 0 Å². The summed E-state index contributed by atoms with van der Waals surface area (Å²) >= 11 is 0. The third kappa shape index (κ3) is 3.65. The number of ether oxygens (including phenoxy) is 1. The number of nitrogens with one attached hydrogen (secondary N) is 1. The lowest BCUT2D eigenvalue weighted by atomic mass is 10.0. The minimum Gasteiger partial charge on any atom is -0.492 e. The Bertz CT molecular complexity index is 1430. The molecular weight excluding hydrogens is 440 g/mol. The van der Waals surface area contributed by atoms with Gasteiger partial charge in [-0.25, -0.2) is 9.97 Å². The van der Waals surface area contributed by atoms with Gasteiger partial charge >= 0.3 is 0 Å². The van der Waals surface area contributed by atoms with Gasteiger partial charge in [0.05, 0.1) is 28.9 Å². The summed E-state index contributed by atoms with van der Waals surface area (Å²) in [5, 5.41) is 8.75. The zero-order valence-corrected chi connectivity index (χ0v) is 20.2. The Morgan fingerprint density at radius 1 is 1.17 bits per heavy atom. The van der Waals surface area contributed by atoms with Crippen molar-refractivity contribution in [1.29, 1.82) is 0 Å². The first-order chi connectivity index (χ1) is 17.0. The maximum absolute atomic E-state index is 13.4. The van der Waals surface area contributed by atoms with Crippen LogP contribution < -0.4 is 10.1 Å². The molecule has 1 saturated carbocycles. The van der Waals surface area contributed by atoms with Crippen molar-refractivity contribution in [3.63, 3.8) is 0 Å². The van der Waals surface area contributed by atoms with Gasteiger partial charge in [0.15, 0.2) is 0 Å². The molecule has 8 heteroatoms. The van der Waals surface area contributed by atoms with E-state index in [0.717, 1.165) is 52.9 Å². The van der Waals surface area contributed by atoms with Crippen LogP contribution in [0.15, 0.2) is 55.0 Å². The third-order valence-electron chi connectivity index (χ3n) is 7.18. The van der Waals surface area contributed by atoms with Crippen molar-refractivity contribution in [3.8, 4) is 28.3 Å². The second-order valence-corrected chi connectivity index (χ2v) is 9.66. The number of nitrogens with zero attached hydrogens (tertiary/aromatic N) is 5. The first-order valence-corrected chi connectivity index (χ1v) is 12.0. The van der Waals surface area contributed by atoms with Crippen molar-refractivity contribution in [1.82, 2.24) is 24.6 Å². The zero-order valence-electron chi connectivity index (χ0n) is 20.2. The van der Waals surface area contributed by atoms with Gasteiger partial charge in [0.25, 0.3) is 0 Å². The topological polar surface area (TPSA) is 85.2 Å². The van der Waals surface area contributed by atoms with Gasteiger partial charge in [0.2, 0.25) is 5.91 Å². The largest absolute Gasteiger partial charge is 0.492 e. The SMILES string of the molecule is CCOc1cc2ncnc(-c3cn(C)nc3-c3ccccc3)c2cc1NC(=O)C12CC1CN(C)C2. The molecule has 35 heavy (non-hydrogen) atoms. The summed E-state index contributed by atoms with van der Waals surface area (Å²) in [6.07, 6.45) is 4.49. The number of anilines is 1. The Balaban J connectivity index is 1.46. The highest BCUT2D eigenvalue weighted by molar-refractivity contribution is 6.04. The number of hydrogen-bond donors (Lipinski definition) is 1. The normalized spacial score (nSPS) is 21.2. The molecule has 1 saturated heterocycles. The van der Waals surface area contributed by atoms with Crippen LogP contribution in [-0.4, -0.2) is 57.3 Å². The van der Waals surface area contributed by atoms with Crippen LogP contribution in [0, 0.1) is 11.3 Å². The smallest absolute Gasteiger partial charge is 0.232 e. The summed E-state index contributed by atoms with van der Waals surface area (Å²) in [5.41, 5.74) is 4.66. The van der Waals surface area contributed by atoms with E-state index in [1.807, 2.05) is 62.6 Å². The molecule has 4 aromatic rings. The van der Waals surface area contributed by atoms with E-state index in [4.69, 9.17) is 9.84 Å². The van der Waals surface area contributed by atoms with Crippen LogP contribution in [0.1, 0.15) is 13.3 Å². The first kappa shape index (κ1) is 21.7. The molecule has 8 nitrogen and oxygen atoms in total. The van der Waals surface area contributed by atoms with Crippen molar-refractivity contribution in [2.24, 2.45) is 18.4 Å². The van der Waals surface area contributed by atoms with E-state index in [9.17, 15) is 4.79 Å². The van der Waals surface area contributed by atoms with Crippen molar-refractivity contribution in [2.75, 3.05) is 32.1 Å². The molecular formula is C27H28N6O2. The van der Waals surface area contributed by atoms with Gasteiger partial charge in [-0.1, -0.05) is 30.3 Å². The molecule has 0 radical (unpaired) electrons. The van der Waals surface area contributed by atoms with E-state index < -0.39 is 0 Å². The summed E-state index contributed by atoms with van der Waals surface area (Å²) in [5.74, 6) is 1.12. The number of aromatic nitrogens is 4. The molecule has 2 aromatic heterocycles. The van der Waals surface area contributed by atoms with E-state index >= 15 is 0 Å². The van der Waals surface area contributed by atoms with Gasteiger partial charge in [-0.05, 0) is 32.4 Å². The molecule has 6 rings (SSSR count). The summed E-state index contributed by atoms with van der Waals surface area (Å²) in [6.45, 7) is 4.20. The molecule has 2 atom stereocenters. The Kier molecular flexibility index (Phi) is 5.07. The first-order valence-electron chi connectivity index (χ1n) is 12.0. The van der Waals surface area contributed by atoms with Crippen LogP contribution in [0.4, 0.5) is 5.69 Å². The molecule has 1 N–H and O–H groups in total. The summed E-state index contributed by atoms with van der Waals surface area (Å²) in [6, 6.07) is 13.9. The van der Waals surface area contributed by atoms with Crippen LogP contribution in [0.2, 0.25) is 0 Å². The highest BCUT2D eigenvalue weighted by atomic mass is 16.5. The number of likely N-dealkylation sites (tertiary alicyclic amines) is 1. The number of fused-ring (bicyclic) bond motifs is 2. The fourth-order valence-electron chi connectivity index (χ4n) is 5.47. The van der Waals surface area contributed by atoms with Gasteiger partial charge in [-0.2, -0.15) is 5.10 Å². The fourth-order valence-corrected chi connectivity index (χ4v) is 5.47. The van der Waals surface area contributed by atoms with E-state index in [-0.39, 0.29) is 11.3 Å². The van der Waals surface area contributed by atoms with Gasteiger partial charge < -0.3 is 15.0 Å². The number of hydrogen-bond acceptors (Lipinski definition) is 6. The molecule has 1 aliphatic carbocycles. The van der Waals surface area contributed by atoms with Crippen LogP contribution in [0.5, 0.6) is 5.75 Å². The van der Waals surface area contributed by atoms with Crippen LogP contribution in [0.25, 0.3) is 33.4 Å². The number of rotatable bonds is 6. The van der Waals surface area contributed by atoms with Crippen LogP contribution >= 0.6 is 0 Å². The molecule has 0 bridgehead atoms. The average Bonchev–Trinajstić information content (AvgIpc) is 3.22. The maximum Gasteiger partial charge on any atom is 0.232 e. The average molecular weight is 469 g/mol. The maximum atomic E-state index is 13.4. The van der Waals surface area contributed by atoms with Crippen LogP contribution in [0.3, 0.4) is 0 Å². The number of carbonyl (C=O) groups is 1. The number of benzene rings is 2. The van der Waals surface area contributed by atoms with Gasteiger partial charge in [0, 0.05) is 48.9 Å². The highest BCUT2D eigenvalue weighted by Gasteiger charge is 2.64. The Labute approximate surface area is 203 Å². The molecule has 2 unspecified atom stereocenters. The lowest BCUT2D eigenvalue weighted by Gasteiger charge is -2.18. The molecule has 2 aromatic carbocycles. The minimum absolute atomic E-state index is 0.0666. The monoisotopic (exact) mass is 468 g/mol. The number of aryl methyl sites for hydroxylation is 1. The minimum atomic E-state index is -0.285. The van der Waals surface area contributed by atoms with Crippen molar-refractivity contribution in [2.45, 2.75) is 13.3 Å². The van der Waals surface area contributed by atoms with Gasteiger partial charge in [-0.3, -0.25) is 9.48 Å². The second kappa shape index (κ2) is 8.16. The van der Waals surface area contributed by atoms with E-state index in [1.165, 1.54) is 0 Å². The van der Waals surface area contributed by atoms with E-state index in [1.54, 1.807) is 11.0 Å². The lowest BCUT2D eigenvalue weighted by Crippen LogP contribution is -2.30. The van der Waals surface area contributed by atoms with Crippen molar-refractivity contribution < 1.29 is 9.53 Å². The standard InChI is InChI=1S/C27H28N6O2/c1-4-35-23-11-21-19(10-22(23)30-26(34)27-12-18(27)13-32(2)15-27)25(29-16-28-21)20-14-33(3)31-24(20)17-8-6-5-7-9-17/h5-11,14,16,18H,4,12-13,15H2,1-3H3,(H,30,34). The van der Waals surface area contributed by atoms with Gasteiger partial charge in [0.1, 0.15) is 17.8 Å². The van der Waals surface area contributed by atoms with Crippen LogP contribution in [-0.2, 0) is 11.8 Å². The molecule has 2 aliphatic rings. The predicted octanol–water partition coefficient (Wildman–Crippen LogP) is 3.99. The molecule has 0 spiro atoms. The van der Waals surface area contributed by atoms with Crippen molar-refractivity contribution >= 4 is 22.5 Å². The second-order valence-electron chi connectivity index (χ2n) is 9.66. The Morgan fingerprint density at radius 2 is 2.00 bits per heavy atom. The molecule has 3 heterocycles. The third-order valence-corrected chi connectivity index (χ3v) is 7.18. The molecule has 1 amide bonds. The molecule has 178 valence electrons. The zero-order chi connectivity index (χ0) is 24.2. The summed E-state index contributed by atoms with van der Waals surface area (Å²) in [4.78, 5) is 24.8.